The average molecular weight is 186 g/mol. The minimum absolute atomic E-state index is 0.485. The van der Waals surface area contributed by atoms with Crippen LogP contribution in [0.4, 0.5) is 0 Å². The molecular formula is C10H18O3. The third-order valence-electron chi connectivity index (χ3n) is 3.64. The highest BCUT2D eigenvalue weighted by Gasteiger charge is 2.52. The van der Waals surface area contributed by atoms with Crippen molar-refractivity contribution < 1.29 is 15.0 Å². The van der Waals surface area contributed by atoms with E-state index in [-0.39, 0.29) is 0 Å². The molecule has 2 N–H and O–H groups in total. The van der Waals surface area contributed by atoms with E-state index in [1.807, 2.05) is 6.92 Å². The minimum atomic E-state index is -0.979. The maximum Gasteiger partial charge on any atom is 0.312 e. The van der Waals surface area contributed by atoms with Gasteiger partial charge >= 0.3 is 5.97 Å². The Morgan fingerprint density at radius 3 is 2.23 bits per heavy atom. The molecule has 0 bridgehead atoms. The summed E-state index contributed by atoms with van der Waals surface area (Å²) < 4.78 is 0. The largest absolute Gasteiger partial charge is 0.481 e. The maximum atomic E-state index is 11.1. The number of aliphatic hydroxyl groups is 1. The van der Waals surface area contributed by atoms with Crippen LogP contribution in [0.1, 0.15) is 46.0 Å². The second-order valence-corrected chi connectivity index (χ2v) is 4.23. The molecule has 76 valence electrons. The van der Waals surface area contributed by atoms with Crippen molar-refractivity contribution in [2.24, 2.45) is 5.41 Å². The lowest BCUT2D eigenvalue weighted by atomic mass is 9.70. The maximum absolute atomic E-state index is 11.1. The third-order valence-corrected chi connectivity index (χ3v) is 3.64. The first-order valence-electron chi connectivity index (χ1n) is 4.92. The molecule has 3 heteroatoms. The molecule has 0 aromatic carbocycles. The van der Waals surface area contributed by atoms with Gasteiger partial charge in [-0.15, -0.1) is 0 Å². The molecule has 1 atom stereocenters. The quantitative estimate of drug-likeness (QED) is 0.706. The van der Waals surface area contributed by atoms with Crippen molar-refractivity contribution >= 4 is 5.97 Å². The number of hydrogen-bond donors (Lipinski definition) is 2. The molecule has 0 saturated heterocycles. The van der Waals surface area contributed by atoms with E-state index in [1.54, 1.807) is 6.92 Å². The number of carboxylic acid groups (broad SMARTS) is 1. The Bertz CT molecular complexity index is 206. The van der Waals surface area contributed by atoms with Crippen LogP contribution >= 0.6 is 0 Å². The van der Waals surface area contributed by atoms with Gasteiger partial charge in [0, 0.05) is 0 Å². The van der Waals surface area contributed by atoms with E-state index in [1.165, 1.54) is 0 Å². The van der Waals surface area contributed by atoms with Crippen LogP contribution in [0.2, 0.25) is 0 Å². The zero-order valence-corrected chi connectivity index (χ0v) is 8.34. The molecule has 0 aliphatic heterocycles. The van der Waals surface area contributed by atoms with Crippen molar-refractivity contribution in [3.63, 3.8) is 0 Å². The van der Waals surface area contributed by atoms with Gasteiger partial charge in [0.1, 0.15) is 0 Å². The van der Waals surface area contributed by atoms with E-state index < -0.39 is 17.0 Å². The van der Waals surface area contributed by atoms with E-state index in [0.717, 1.165) is 12.8 Å². The van der Waals surface area contributed by atoms with Gasteiger partial charge < -0.3 is 10.2 Å². The van der Waals surface area contributed by atoms with Crippen LogP contribution < -0.4 is 0 Å². The normalized spacial score (nSPS) is 25.5. The van der Waals surface area contributed by atoms with Crippen LogP contribution in [0.25, 0.3) is 0 Å². The van der Waals surface area contributed by atoms with Crippen LogP contribution in [0.3, 0.4) is 0 Å². The van der Waals surface area contributed by atoms with Gasteiger partial charge in [0.25, 0.3) is 0 Å². The van der Waals surface area contributed by atoms with Gasteiger partial charge in [0.05, 0.1) is 11.0 Å². The molecule has 0 aromatic heterocycles. The molecular weight excluding hydrogens is 168 g/mol. The summed E-state index contributed by atoms with van der Waals surface area (Å²) in [6.45, 7) is 3.48. The summed E-state index contributed by atoms with van der Waals surface area (Å²) in [4.78, 5) is 11.1. The van der Waals surface area contributed by atoms with Gasteiger partial charge in [0.2, 0.25) is 0 Å². The summed E-state index contributed by atoms with van der Waals surface area (Å²) in [6, 6.07) is 0. The molecule has 0 heterocycles. The topological polar surface area (TPSA) is 57.5 Å². The van der Waals surface area contributed by atoms with Gasteiger partial charge in [-0.3, -0.25) is 4.79 Å². The summed E-state index contributed by atoms with van der Waals surface area (Å²) in [5, 5.41) is 19.3. The molecule has 1 rings (SSSR count). The fourth-order valence-electron chi connectivity index (χ4n) is 2.19. The summed E-state index contributed by atoms with van der Waals surface area (Å²) in [7, 11) is 0. The lowest BCUT2D eigenvalue weighted by molar-refractivity contribution is -0.167. The molecule has 1 saturated carbocycles. The van der Waals surface area contributed by atoms with Crippen molar-refractivity contribution in [1.82, 2.24) is 0 Å². The Morgan fingerprint density at radius 1 is 1.46 bits per heavy atom. The number of hydrogen-bond acceptors (Lipinski definition) is 2. The summed E-state index contributed by atoms with van der Waals surface area (Å²) >= 11 is 0. The second-order valence-electron chi connectivity index (χ2n) is 4.23. The van der Waals surface area contributed by atoms with E-state index in [4.69, 9.17) is 5.11 Å². The van der Waals surface area contributed by atoms with Crippen LogP contribution in [0.5, 0.6) is 0 Å². The first kappa shape index (κ1) is 10.5. The number of rotatable bonds is 3. The molecule has 13 heavy (non-hydrogen) atoms. The number of carbonyl (C=O) groups is 1. The fourth-order valence-corrected chi connectivity index (χ4v) is 2.19. The monoisotopic (exact) mass is 186 g/mol. The third kappa shape index (κ3) is 1.46. The lowest BCUT2D eigenvalue weighted by Crippen LogP contribution is -2.49. The van der Waals surface area contributed by atoms with Crippen molar-refractivity contribution in [3.8, 4) is 0 Å². The predicted octanol–water partition coefficient (Wildman–Crippen LogP) is 1.79. The van der Waals surface area contributed by atoms with E-state index in [2.05, 4.69) is 0 Å². The summed E-state index contributed by atoms with van der Waals surface area (Å²) in [5.74, 6) is -0.876. The highest BCUT2D eigenvalue weighted by atomic mass is 16.4. The molecule has 0 amide bonds. The Hall–Kier alpha value is -0.570. The first-order chi connectivity index (χ1) is 5.96. The summed E-state index contributed by atoms with van der Waals surface area (Å²) in [5.41, 5.74) is -1.95. The summed E-state index contributed by atoms with van der Waals surface area (Å²) in [6.07, 6.45) is 3.63. The van der Waals surface area contributed by atoms with Gasteiger partial charge in [-0.1, -0.05) is 19.8 Å². The lowest BCUT2D eigenvalue weighted by Gasteiger charge is -2.38. The highest BCUT2D eigenvalue weighted by Crippen LogP contribution is 2.45. The Labute approximate surface area is 78.8 Å². The minimum Gasteiger partial charge on any atom is -0.481 e. The van der Waals surface area contributed by atoms with Gasteiger partial charge in [-0.2, -0.15) is 0 Å². The fraction of sp³-hybridized carbons (Fsp3) is 0.900. The standard InChI is InChI=1S/C10H18O3/c1-3-9(2,8(11)12)10(13)6-4-5-7-10/h13H,3-7H2,1-2H3,(H,11,12). The number of carboxylic acids is 1. The molecule has 0 aromatic rings. The zero-order valence-electron chi connectivity index (χ0n) is 8.34. The van der Waals surface area contributed by atoms with Crippen molar-refractivity contribution in [2.75, 3.05) is 0 Å². The van der Waals surface area contributed by atoms with Crippen LogP contribution in [-0.2, 0) is 4.79 Å². The van der Waals surface area contributed by atoms with E-state index in [0.29, 0.717) is 19.3 Å². The molecule has 0 radical (unpaired) electrons. The highest BCUT2D eigenvalue weighted by molar-refractivity contribution is 5.75. The van der Waals surface area contributed by atoms with Crippen molar-refractivity contribution in [1.29, 1.82) is 0 Å². The Kier molecular flexibility index (Phi) is 2.66. The van der Waals surface area contributed by atoms with Crippen LogP contribution in [0, 0.1) is 5.41 Å². The van der Waals surface area contributed by atoms with Gasteiger partial charge in [-0.25, -0.2) is 0 Å². The second kappa shape index (κ2) is 3.29. The molecule has 1 aliphatic rings. The van der Waals surface area contributed by atoms with Gasteiger partial charge in [0.15, 0.2) is 0 Å². The molecule has 3 nitrogen and oxygen atoms in total. The van der Waals surface area contributed by atoms with Crippen molar-refractivity contribution in [2.45, 2.75) is 51.6 Å². The Morgan fingerprint density at radius 2 is 1.92 bits per heavy atom. The molecule has 1 aliphatic carbocycles. The first-order valence-corrected chi connectivity index (χ1v) is 4.92. The zero-order chi connectivity index (χ0) is 10.1. The average Bonchev–Trinajstić information content (AvgIpc) is 2.51. The molecule has 0 spiro atoms. The van der Waals surface area contributed by atoms with Crippen LogP contribution in [-0.4, -0.2) is 21.8 Å². The van der Waals surface area contributed by atoms with Gasteiger partial charge in [-0.05, 0) is 26.2 Å². The van der Waals surface area contributed by atoms with E-state index >= 15 is 0 Å². The number of aliphatic carboxylic acids is 1. The van der Waals surface area contributed by atoms with Crippen LogP contribution in [0.15, 0.2) is 0 Å². The smallest absolute Gasteiger partial charge is 0.312 e. The molecule has 1 unspecified atom stereocenters. The van der Waals surface area contributed by atoms with E-state index in [9.17, 15) is 9.90 Å². The Balaban J connectivity index is 2.92. The van der Waals surface area contributed by atoms with Crippen molar-refractivity contribution in [3.05, 3.63) is 0 Å². The predicted molar refractivity (Wildman–Crippen MR) is 49.5 cm³/mol. The SMILES string of the molecule is CCC(C)(C(=O)O)C1(O)CCCC1. The molecule has 1 fully saturated rings.